The Hall–Kier alpha value is -2.76. The van der Waals surface area contributed by atoms with Crippen LogP contribution in [0.1, 0.15) is 43.5 Å². The summed E-state index contributed by atoms with van der Waals surface area (Å²) < 4.78 is 47.3. The minimum absolute atomic E-state index is 0.0443. The molecule has 0 bridgehead atoms. The van der Waals surface area contributed by atoms with E-state index in [1.165, 1.54) is 6.20 Å². The van der Waals surface area contributed by atoms with Crippen molar-refractivity contribution in [1.29, 1.82) is 0 Å². The van der Waals surface area contributed by atoms with Crippen LogP contribution >= 0.6 is 0 Å². The van der Waals surface area contributed by atoms with Crippen LogP contribution in [-0.4, -0.2) is 51.2 Å². The van der Waals surface area contributed by atoms with Crippen molar-refractivity contribution in [3.05, 3.63) is 35.8 Å². The Kier molecular flexibility index (Phi) is 5.71. The van der Waals surface area contributed by atoms with Crippen molar-refractivity contribution in [3.8, 4) is 11.3 Å². The number of hydrogen-bond acceptors (Lipinski definition) is 7. The highest BCUT2D eigenvalue weighted by Gasteiger charge is 2.36. The van der Waals surface area contributed by atoms with Crippen LogP contribution in [-0.2, 0) is 10.9 Å². The van der Waals surface area contributed by atoms with Gasteiger partial charge in [0, 0.05) is 48.0 Å². The van der Waals surface area contributed by atoms with Gasteiger partial charge in [0.05, 0.1) is 18.0 Å². The van der Waals surface area contributed by atoms with Crippen molar-refractivity contribution in [2.24, 2.45) is 5.73 Å². The third kappa shape index (κ3) is 4.40. The van der Waals surface area contributed by atoms with Crippen molar-refractivity contribution < 1.29 is 17.9 Å². The number of H-pyrrole nitrogens is 1. The Labute approximate surface area is 188 Å². The summed E-state index contributed by atoms with van der Waals surface area (Å²) in [4.78, 5) is 15.8. The van der Waals surface area contributed by atoms with Crippen molar-refractivity contribution in [2.45, 2.75) is 56.6 Å². The lowest BCUT2D eigenvalue weighted by atomic mass is 10.0. The highest BCUT2D eigenvalue weighted by Crippen LogP contribution is 2.39. The molecule has 1 saturated heterocycles. The van der Waals surface area contributed by atoms with Gasteiger partial charge in [0.2, 0.25) is 5.95 Å². The first-order valence-electron chi connectivity index (χ1n) is 11.1. The lowest BCUT2D eigenvalue weighted by Gasteiger charge is -2.29. The number of rotatable bonds is 4. The molecule has 4 heterocycles. The van der Waals surface area contributed by atoms with E-state index in [-0.39, 0.29) is 35.9 Å². The van der Waals surface area contributed by atoms with Gasteiger partial charge in [-0.15, -0.1) is 0 Å². The summed E-state index contributed by atoms with van der Waals surface area (Å²) in [6, 6.07) is 3.76. The van der Waals surface area contributed by atoms with Crippen LogP contribution in [0.2, 0.25) is 0 Å². The molecule has 2 unspecified atom stereocenters. The normalized spacial score (nSPS) is 26.1. The van der Waals surface area contributed by atoms with Crippen molar-refractivity contribution in [2.75, 3.05) is 18.5 Å². The van der Waals surface area contributed by atoms with Gasteiger partial charge >= 0.3 is 6.18 Å². The van der Waals surface area contributed by atoms with E-state index in [9.17, 15) is 13.2 Å². The Balaban J connectivity index is 1.52. The number of nitrogens with one attached hydrogen (secondary N) is 3. The largest absolute Gasteiger partial charge is 0.419 e. The Morgan fingerprint density at radius 2 is 2.06 bits per heavy atom. The molecular formula is C22H26F3N7O. The number of nitrogens with two attached hydrogens (primary N) is 1. The van der Waals surface area contributed by atoms with E-state index in [0.717, 1.165) is 32.0 Å². The van der Waals surface area contributed by atoms with Gasteiger partial charge < -0.3 is 26.1 Å². The van der Waals surface area contributed by atoms with Gasteiger partial charge in [0.15, 0.2) is 0 Å². The van der Waals surface area contributed by atoms with E-state index in [1.807, 2.05) is 6.92 Å². The number of anilines is 1. The third-order valence-electron chi connectivity index (χ3n) is 6.33. The topological polar surface area (TPSA) is 114 Å². The molecule has 3 aromatic rings. The lowest BCUT2D eigenvalue weighted by Crippen LogP contribution is -2.41. The van der Waals surface area contributed by atoms with Crippen LogP contribution in [0.15, 0.2) is 24.5 Å². The standard InChI is InChI=1S/C22H26F3N7O/c1-11-19(33-7-6-27-11)17-5-4-14-15(9-28-20(14)31-17)18-16(22(23,24)25)10-29-21(32-18)30-13-3-2-12(26)8-13/h4-5,9-13,19,27H,2-3,6-8,26H2,1H3,(H,28,31)(H,29,30,32)/t11?,12-,13+,19?/m1/s1. The zero-order valence-electron chi connectivity index (χ0n) is 18.1. The average molecular weight is 461 g/mol. The van der Waals surface area contributed by atoms with E-state index in [1.54, 1.807) is 12.1 Å². The maximum Gasteiger partial charge on any atom is 0.419 e. The Morgan fingerprint density at radius 1 is 1.21 bits per heavy atom. The summed E-state index contributed by atoms with van der Waals surface area (Å²) in [6.45, 7) is 3.35. The number of hydrogen-bond donors (Lipinski definition) is 4. The lowest BCUT2D eigenvalue weighted by molar-refractivity contribution is -0.137. The summed E-state index contributed by atoms with van der Waals surface area (Å²) in [5, 5.41) is 7.03. The van der Waals surface area contributed by atoms with Crippen LogP contribution in [0.4, 0.5) is 19.1 Å². The van der Waals surface area contributed by atoms with Crippen LogP contribution in [0.3, 0.4) is 0 Å². The molecule has 3 aromatic heterocycles. The van der Waals surface area contributed by atoms with E-state index in [4.69, 9.17) is 10.5 Å². The Bertz CT molecular complexity index is 1150. The maximum atomic E-state index is 13.8. The highest BCUT2D eigenvalue weighted by molar-refractivity contribution is 5.93. The molecule has 176 valence electrons. The molecule has 1 saturated carbocycles. The zero-order valence-corrected chi connectivity index (χ0v) is 18.1. The fourth-order valence-corrected chi connectivity index (χ4v) is 4.63. The first kappa shape index (κ1) is 22.1. The number of morpholine rings is 1. The van der Waals surface area contributed by atoms with Crippen LogP contribution < -0.4 is 16.4 Å². The fourth-order valence-electron chi connectivity index (χ4n) is 4.63. The SMILES string of the molecule is CC1NCCOC1c1ccc2c(-c3nc(N[C@H]4CC[C@@H](N)C4)ncc3C(F)(F)F)c[nH]c2n1. The molecule has 8 nitrogen and oxygen atoms in total. The van der Waals surface area contributed by atoms with E-state index >= 15 is 0 Å². The zero-order chi connectivity index (χ0) is 23.2. The summed E-state index contributed by atoms with van der Waals surface area (Å²) in [5.74, 6) is 0.159. The number of alkyl halides is 3. The summed E-state index contributed by atoms with van der Waals surface area (Å²) in [6.07, 6.45) is -0.0555. The molecule has 11 heteroatoms. The molecule has 1 aliphatic heterocycles. The minimum atomic E-state index is -4.60. The molecular weight excluding hydrogens is 435 g/mol. The predicted octanol–water partition coefficient (Wildman–Crippen LogP) is 3.38. The molecule has 4 atom stereocenters. The molecule has 5 rings (SSSR count). The van der Waals surface area contributed by atoms with E-state index in [0.29, 0.717) is 28.9 Å². The van der Waals surface area contributed by atoms with Gasteiger partial charge in [-0.3, -0.25) is 0 Å². The molecule has 1 aliphatic carbocycles. The second-order valence-corrected chi connectivity index (χ2v) is 8.74. The number of halogens is 3. The third-order valence-corrected chi connectivity index (χ3v) is 6.33. The van der Waals surface area contributed by atoms with Crippen molar-refractivity contribution in [3.63, 3.8) is 0 Å². The number of nitrogens with zero attached hydrogens (tertiary/aromatic N) is 3. The molecule has 5 N–H and O–H groups in total. The molecule has 0 spiro atoms. The fraction of sp³-hybridized carbons (Fsp3) is 0.500. The second-order valence-electron chi connectivity index (χ2n) is 8.74. The minimum Gasteiger partial charge on any atom is -0.369 e. The first-order valence-corrected chi connectivity index (χ1v) is 11.1. The molecule has 0 radical (unpaired) electrons. The van der Waals surface area contributed by atoms with Crippen LogP contribution in [0.5, 0.6) is 0 Å². The molecule has 33 heavy (non-hydrogen) atoms. The maximum absolute atomic E-state index is 13.8. The molecule has 2 fully saturated rings. The van der Waals surface area contributed by atoms with Gasteiger partial charge in [0.1, 0.15) is 17.3 Å². The Morgan fingerprint density at radius 3 is 2.79 bits per heavy atom. The molecule has 2 aliphatic rings. The summed E-state index contributed by atoms with van der Waals surface area (Å²) in [7, 11) is 0. The predicted molar refractivity (Wildman–Crippen MR) is 118 cm³/mol. The van der Waals surface area contributed by atoms with Crippen molar-refractivity contribution in [1.82, 2.24) is 25.3 Å². The van der Waals surface area contributed by atoms with Gasteiger partial charge in [-0.1, -0.05) is 0 Å². The number of ether oxygens (including phenoxy) is 1. The van der Waals surface area contributed by atoms with E-state index in [2.05, 4.69) is 30.6 Å². The monoisotopic (exact) mass is 461 g/mol. The van der Waals surface area contributed by atoms with E-state index < -0.39 is 11.7 Å². The van der Waals surface area contributed by atoms with Crippen LogP contribution in [0, 0.1) is 0 Å². The van der Waals surface area contributed by atoms with Gasteiger partial charge in [-0.2, -0.15) is 13.2 Å². The van der Waals surface area contributed by atoms with Gasteiger partial charge in [-0.25, -0.2) is 15.0 Å². The smallest absolute Gasteiger partial charge is 0.369 e. The number of pyridine rings is 1. The summed E-state index contributed by atoms with van der Waals surface area (Å²) >= 11 is 0. The first-order chi connectivity index (χ1) is 15.8. The second kappa shape index (κ2) is 8.54. The average Bonchev–Trinajstić information content (AvgIpc) is 3.38. The number of aromatic nitrogens is 4. The van der Waals surface area contributed by atoms with Crippen molar-refractivity contribution >= 4 is 17.0 Å². The highest BCUT2D eigenvalue weighted by atomic mass is 19.4. The molecule has 0 amide bonds. The quantitative estimate of drug-likeness (QED) is 0.471. The molecule has 0 aromatic carbocycles. The number of fused-ring (bicyclic) bond motifs is 1. The summed E-state index contributed by atoms with van der Waals surface area (Å²) in [5.41, 5.74) is 6.38. The van der Waals surface area contributed by atoms with Gasteiger partial charge in [-0.05, 0) is 38.3 Å². The van der Waals surface area contributed by atoms with Crippen LogP contribution in [0.25, 0.3) is 22.3 Å². The van der Waals surface area contributed by atoms with Gasteiger partial charge in [0.25, 0.3) is 0 Å². The number of aromatic amines is 1.